The molecule has 0 bridgehead atoms. The van der Waals surface area contributed by atoms with Crippen LogP contribution in [-0.4, -0.2) is 12.6 Å². The monoisotopic (exact) mass is 149 g/mol. The first-order valence-corrected chi connectivity index (χ1v) is 4.25. The van der Waals surface area contributed by atoms with Gasteiger partial charge in [0.1, 0.15) is 0 Å². The van der Waals surface area contributed by atoms with Crippen molar-refractivity contribution in [2.24, 2.45) is 0 Å². The molecule has 0 radical (unpaired) electrons. The second-order valence-corrected chi connectivity index (χ2v) is 2.89. The summed E-state index contributed by atoms with van der Waals surface area (Å²) in [4.78, 5) is 0. The Kier molecular flexibility index (Phi) is 3.79. The van der Waals surface area contributed by atoms with E-state index in [-0.39, 0.29) is 0 Å². The summed E-state index contributed by atoms with van der Waals surface area (Å²) in [5, 5.41) is 3.43. The molecule has 1 unspecified atom stereocenters. The maximum Gasteiger partial charge on any atom is 0.0212 e. The lowest BCUT2D eigenvalue weighted by atomic mass is 10.0. The Morgan fingerprint density at radius 3 is 3.09 bits per heavy atom. The number of hydrogen-bond donors (Lipinski definition) is 1. The predicted molar refractivity (Wildman–Crippen MR) is 48.2 cm³/mol. The standard InChI is InChI=1S/C10H15N/c1-2-3-9-11-10-7-5-4-6-8-10/h1,4-5,10-11H,3,6-9H2. The van der Waals surface area contributed by atoms with Crippen LogP contribution in [0.25, 0.3) is 0 Å². The smallest absolute Gasteiger partial charge is 0.0212 e. The Labute approximate surface area is 68.9 Å². The molecule has 0 aliphatic heterocycles. The van der Waals surface area contributed by atoms with Gasteiger partial charge in [-0.3, -0.25) is 0 Å². The van der Waals surface area contributed by atoms with Gasteiger partial charge in [-0.2, -0.15) is 0 Å². The Morgan fingerprint density at radius 2 is 2.45 bits per heavy atom. The highest BCUT2D eigenvalue weighted by molar-refractivity contribution is 4.93. The first-order valence-electron chi connectivity index (χ1n) is 4.25. The third-order valence-electron chi connectivity index (χ3n) is 1.97. The normalized spacial score (nSPS) is 23.0. The maximum atomic E-state index is 5.14. The van der Waals surface area contributed by atoms with Gasteiger partial charge in [-0.15, -0.1) is 12.3 Å². The largest absolute Gasteiger partial charge is 0.313 e. The minimum Gasteiger partial charge on any atom is -0.313 e. The van der Waals surface area contributed by atoms with Crippen LogP contribution in [0.5, 0.6) is 0 Å². The lowest BCUT2D eigenvalue weighted by molar-refractivity contribution is 0.482. The molecule has 11 heavy (non-hydrogen) atoms. The minimum absolute atomic E-state index is 0.674. The van der Waals surface area contributed by atoms with Gasteiger partial charge in [0.25, 0.3) is 0 Å². The zero-order chi connectivity index (χ0) is 7.94. The average Bonchev–Trinajstić information content (AvgIpc) is 2.07. The molecule has 0 saturated carbocycles. The highest BCUT2D eigenvalue weighted by Crippen LogP contribution is 2.09. The molecule has 0 fully saturated rings. The number of terminal acetylenes is 1. The Morgan fingerprint density at radius 1 is 1.55 bits per heavy atom. The molecule has 0 spiro atoms. The van der Waals surface area contributed by atoms with Crippen molar-refractivity contribution >= 4 is 0 Å². The van der Waals surface area contributed by atoms with Crippen molar-refractivity contribution in [3.8, 4) is 12.3 Å². The quantitative estimate of drug-likeness (QED) is 0.366. The zero-order valence-corrected chi connectivity index (χ0v) is 6.84. The van der Waals surface area contributed by atoms with Crippen LogP contribution in [0.3, 0.4) is 0 Å². The van der Waals surface area contributed by atoms with E-state index in [9.17, 15) is 0 Å². The topological polar surface area (TPSA) is 12.0 Å². The summed E-state index contributed by atoms with van der Waals surface area (Å²) in [6.45, 7) is 0.967. The van der Waals surface area contributed by atoms with E-state index in [4.69, 9.17) is 6.42 Å². The van der Waals surface area contributed by atoms with Gasteiger partial charge in [0.2, 0.25) is 0 Å². The van der Waals surface area contributed by atoms with Gasteiger partial charge < -0.3 is 5.32 Å². The molecule has 0 heterocycles. The SMILES string of the molecule is C#CCCNC1CC=CCC1. The maximum absolute atomic E-state index is 5.14. The van der Waals surface area contributed by atoms with E-state index in [0.29, 0.717) is 6.04 Å². The lowest BCUT2D eigenvalue weighted by Crippen LogP contribution is -2.30. The summed E-state index contributed by atoms with van der Waals surface area (Å²) in [6, 6.07) is 0.674. The second kappa shape index (κ2) is 4.98. The average molecular weight is 149 g/mol. The van der Waals surface area contributed by atoms with E-state index in [1.807, 2.05) is 0 Å². The van der Waals surface area contributed by atoms with Gasteiger partial charge in [0.15, 0.2) is 0 Å². The Hall–Kier alpha value is -0.740. The molecule has 1 heteroatoms. The van der Waals surface area contributed by atoms with Crippen LogP contribution in [0.2, 0.25) is 0 Å². The van der Waals surface area contributed by atoms with E-state index < -0.39 is 0 Å². The fourth-order valence-electron chi connectivity index (χ4n) is 1.33. The molecule has 0 amide bonds. The van der Waals surface area contributed by atoms with Gasteiger partial charge in [-0.25, -0.2) is 0 Å². The fraction of sp³-hybridized carbons (Fsp3) is 0.600. The molecule has 1 atom stereocenters. The summed E-state index contributed by atoms with van der Waals surface area (Å²) in [6.07, 6.45) is 14.1. The molecule has 0 aromatic heterocycles. The molecule has 1 aliphatic carbocycles. The summed E-state index contributed by atoms with van der Waals surface area (Å²) in [5.74, 6) is 2.63. The van der Waals surface area contributed by atoms with E-state index >= 15 is 0 Å². The van der Waals surface area contributed by atoms with Crippen molar-refractivity contribution in [2.45, 2.75) is 31.7 Å². The fourth-order valence-corrected chi connectivity index (χ4v) is 1.33. The van der Waals surface area contributed by atoms with Crippen LogP contribution in [0, 0.1) is 12.3 Å². The third-order valence-corrected chi connectivity index (χ3v) is 1.97. The molecule has 0 aromatic rings. The zero-order valence-electron chi connectivity index (χ0n) is 6.84. The minimum atomic E-state index is 0.674. The number of rotatable bonds is 3. The highest BCUT2D eigenvalue weighted by atomic mass is 14.9. The second-order valence-electron chi connectivity index (χ2n) is 2.89. The molecule has 60 valence electrons. The molecule has 1 rings (SSSR count). The molecular weight excluding hydrogens is 134 g/mol. The molecule has 1 N–H and O–H groups in total. The van der Waals surface area contributed by atoms with Crippen LogP contribution in [-0.2, 0) is 0 Å². The van der Waals surface area contributed by atoms with Crippen molar-refractivity contribution in [3.05, 3.63) is 12.2 Å². The summed E-state index contributed by atoms with van der Waals surface area (Å²) >= 11 is 0. The molecule has 1 aliphatic rings. The van der Waals surface area contributed by atoms with Crippen LogP contribution in [0.15, 0.2) is 12.2 Å². The van der Waals surface area contributed by atoms with Crippen molar-refractivity contribution in [1.82, 2.24) is 5.32 Å². The van der Waals surface area contributed by atoms with Gasteiger partial charge in [0, 0.05) is 19.0 Å². The van der Waals surface area contributed by atoms with Gasteiger partial charge in [0.05, 0.1) is 0 Å². The number of allylic oxidation sites excluding steroid dienone is 1. The van der Waals surface area contributed by atoms with Crippen molar-refractivity contribution in [3.63, 3.8) is 0 Å². The Bertz CT molecular complexity index is 164. The van der Waals surface area contributed by atoms with Crippen LogP contribution in [0.1, 0.15) is 25.7 Å². The van der Waals surface area contributed by atoms with Crippen LogP contribution >= 0.6 is 0 Å². The highest BCUT2D eigenvalue weighted by Gasteiger charge is 2.06. The Balaban J connectivity index is 2.07. The van der Waals surface area contributed by atoms with E-state index in [1.54, 1.807) is 0 Å². The molecule has 1 nitrogen and oxygen atoms in total. The van der Waals surface area contributed by atoms with E-state index in [1.165, 1.54) is 19.3 Å². The number of nitrogens with one attached hydrogen (secondary N) is 1. The van der Waals surface area contributed by atoms with Crippen molar-refractivity contribution in [1.29, 1.82) is 0 Å². The first-order chi connectivity index (χ1) is 5.43. The number of hydrogen-bond acceptors (Lipinski definition) is 1. The van der Waals surface area contributed by atoms with Crippen molar-refractivity contribution < 1.29 is 0 Å². The molecule has 0 aromatic carbocycles. The van der Waals surface area contributed by atoms with Gasteiger partial charge >= 0.3 is 0 Å². The van der Waals surface area contributed by atoms with E-state index in [0.717, 1.165) is 13.0 Å². The lowest BCUT2D eigenvalue weighted by Gasteiger charge is -2.18. The first kappa shape index (κ1) is 8.36. The predicted octanol–water partition coefficient (Wildman–Crippen LogP) is 1.71. The summed E-state index contributed by atoms with van der Waals surface area (Å²) < 4.78 is 0. The van der Waals surface area contributed by atoms with Crippen molar-refractivity contribution in [2.75, 3.05) is 6.54 Å². The molecule has 0 saturated heterocycles. The van der Waals surface area contributed by atoms with E-state index in [2.05, 4.69) is 23.4 Å². The third kappa shape index (κ3) is 3.25. The van der Waals surface area contributed by atoms with Gasteiger partial charge in [-0.1, -0.05) is 12.2 Å². The summed E-state index contributed by atoms with van der Waals surface area (Å²) in [5.41, 5.74) is 0. The van der Waals surface area contributed by atoms with Gasteiger partial charge in [-0.05, 0) is 19.3 Å². The van der Waals surface area contributed by atoms with Crippen LogP contribution < -0.4 is 5.32 Å². The molecular formula is C10H15N. The van der Waals surface area contributed by atoms with Crippen LogP contribution in [0.4, 0.5) is 0 Å². The summed E-state index contributed by atoms with van der Waals surface area (Å²) in [7, 11) is 0.